The summed E-state index contributed by atoms with van der Waals surface area (Å²) in [6.45, 7) is 5.55. The van der Waals surface area contributed by atoms with Crippen molar-refractivity contribution in [1.82, 2.24) is 5.43 Å². The molecule has 0 spiro atoms. The summed E-state index contributed by atoms with van der Waals surface area (Å²) in [5, 5.41) is 24.5. The molecular weight excluding hydrogens is 316 g/mol. The molecule has 1 aromatic rings. The summed E-state index contributed by atoms with van der Waals surface area (Å²) in [4.78, 5) is 32.8. The molecule has 0 aliphatic rings. The molecule has 9 nitrogen and oxygen atoms in total. The molecule has 0 heterocycles. The van der Waals surface area contributed by atoms with E-state index in [2.05, 4.69) is 10.7 Å². The summed E-state index contributed by atoms with van der Waals surface area (Å²) in [5.74, 6) is -0.996. The van der Waals surface area contributed by atoms with Crippen LogP contribution >= 0.6 is 0 Å². The third-order valence-electron chi connectivity index (χ3n) is 3.56. The molecule has 9 heteroatoms. The van der Waals surface area contributed by atoms with Crippen LogP contribution in [0.15, 0.2) is 18.2 Å². The molecule has 132 valence electrons. The van der Waals surface area contributed by atoms with Crippen molar-refractivity contribution in [3.05, 3.63) is 28.3 Å². The van der Waals surface area contributed by atoms with Gasteiger partial charge in [0.15, 0.2) is 0 Å². The summed E-state index contributed by atoms with van der Waals surface area (Å²) in [6.07, 6.45) is 0.313. The average molecular weight is 338 g/mol. The molecule has 1 aromatic carbocycles. The number of benzene rings is 1. The van der Waals surface area contributed by atoms with Crippen molar-refractivity contribution < 1.29 is 19.6 Å². The molecule has 0 aliphatic carbocycles. The lowest BCUT2D eigenvalue weighted by atomic mass is 9.84. The van der Waals surface area contributed by atoms with Gasteiger partial charge in [-0.2, -0.15) is 0 Å². The Kier molecular flexibility index (Phi) is 6.24. The van der Waals surface area contributed by atoms with Crippen molar-refractivity contribution >= 4 is 29.4 Å². The predicted octanol–water partition coefficient (Wildman–Crippen LogP) is 1.99. The molecule has 3 N–H and O–H groups in total. The fourth-order valence-corrected chi connectivity index (χ4v) is 2.12. The summed E-state index contributed by atoms with van der Waals surface area (Å²) in [6, 6.07) is 3.72. The van der Waals surface area contributed by atoms with E-state index >= 15 is 0 Å². The second-order valence-corrected chi connectivity index (χ2v) is 6.32. The molecule has 0 saturated carbocycles. The summed E-state index contributed by atoms with van der Waals surface area (Å²) >= 11 is 0. The molecule has 0 aromatic heterocycles. The number of nitrogens with one attached hydrogen (secondary N) is 2. The van der Waals surface area contributed by atoms with E-state index in [-0.39, 0.29) is 17.8 Å². The molecule has 0 fully saturated rings. The van der Waals surface area contributed by atoms with Crippen LogP contribution in [0.1, 0.15) is 27.2 Å². The number of carbonyl (C=O) groups excluding carboxylic acids is 1. The molecule has 1 atom stereocenters. The van der Waals surface area contributed by atoms with Crippen LogP contribution in [0.2, 0.25) is 0 Å². The van der Waals surface area contributed by atoms with Gasteiger partial charge in [-0.3, -0.25) is 19.7 Å². The number of rotatable bonds is 8. The van der Waals surface area contributed by atoms with Crippen molar-refractivity contribution in [3.8, 4) is 0 Å². The van der Waals surface area contributed by atoms with E-state index in [9.17, 15) is 19.7 Å². The molecule has 0 unspecified atom stereocenters. The van der Waals surface area contributed by atoms with Crippen LogP contribution in [-0.2, 0) is 9.59 Å². The molecule has 0 aliphatic heterocycles. The van der Waals surface area contributed by atoms with Gasteiger partial charge in [0, 0.05) is 19.2 Å². The lowest BCUT2D eigenvalue weighted by Gasteiger charge is -2.31. The highest BCUT2D eigenvalue weighted by Crippen LogP contribution is 2.33. The molecule has 0 bridgehead atoms. The lowest BCUT2D eigenvalue weighted by molar-refractivity contribution is -0.383. The van der Waals surface area contributed by atoms with Gasteiger partial charge in [-0.15, -0.1) is 0 Å². The Bertz CT molecular complexity index is 627. The Morgan fingerprint density at radius 1 is 1.46 bits per heavy atom. The monoisotopic (exact) mass is 338 g/mol. The number of carbonyl (C=O) groups is 2. The van der Waals surface area contributed by atoms with Crippen LogP contribution in [0.5, 0.6) is 0 Å². The fourth-order valence-electron chi connectivity index (χ4n) is 2.12. The number of nitrogens with zero attached hydrogens (tertiary/aromatic N) is 2. The minimum Gasteiger partial charge on any atom is -0.481 e. The number of carboxylic acid groups (broad SMARTS) is 1. The van der Waals surface area contributed by atoms with Crippen molar-refractivity contribution in [2.24, 2.45) is 5.41 Å². The van der Waals surface area contributed by atoms with Crippen molar-refractivity contribution in [2.45, 2.75) is 33.2 Å². The van der Waals surface area contributed by atoms with Crippen molar-refractivity contribution in [2.75, 3.05) is 17.4 Å². The van der Waals surface area contributed by atoms with Gasteiger partial charge in [0.1, 0.15) is 5.69 Å². The third-order valence-corrected chi connectivity index (χ3v) is 3.56. The van der Waals surface area contributed by atoms with Crippen LogP contribution in [0.3, 0.4) is 0 Å². The number of nitro groups is 1. The lowest BCUT2D eigenvalue weighted by Crippen LogP contribution is -2.36. The number of amides is 1. The highest BCUT2D eigenvalue weighted by molar-refractivity contribution is 5.78. The van der Waals surface area contributed by atoms with E-state index in [4.69, 9.17) is 5.11 Å². The van der Waals surface area contributed by atoms with E-state index < -0.39 is 22.3 Å². The predicted molar refractivity (Wildman–Crippen MR) is 89.8 cm³/mol. The standard InChI is InChI=1S/C15H22N4O5/c1-15(2,3)13(8-14(21)22)17-11-6-5-10(18(9-20)16-4)7-12(11)19(23)24/h5-7,9,13,16-17H,8H2,1-4H3,(H,21,22)/t13-/m0/s1. The number of anilines is 2. The van der Waals surface area contributed by atoms with Gasteiger partial charge in [-0.1, -0.05) is 20.8 Å². The zero-order chi connectivity index (χ0) is 18.5. The van der Waals surface area contributed by atoms with Gasteiger partial charge >= 0.3 is 5.97 Å². The zero-order valence-corrected chi connectivity index (χ0v) is 14.1. The largest absolute Gasteiger partial charge is 0.481 e. The number of carboxylic acids is 1. The van der Waals surface area contributed by atoms with E-state index in [0.717, 1.165) is 5.01 Å². The second-order valence-electron chi connectivity index (χ2n) is 6.32. The minimum atomic E-state index is -0.996. The van der Waals surface area contributed by atoms with E-state index in [1.807, 2.05) is 20.8 Å². The van der Waals surface area contributed by atoms with E-state index in [1.54, 1.807) is 0 Å². The normalized spacial score (nSPS) is 12.3. The van der Waals surface area contributed by atoms with Gasteiger partial charge in [0.25, 0.3) is 5.69 Å². The van der Waals surface area contributed by atoms with Crippen molar-refractivity contribution in [1.29, 1.82) is 0 Å². The van der Waals surface area contributed by atoms with Gasteiger partial charge < -0.3 is 10.4 Å². The number of nitro benzene ring substituents is 1. The smallest absolute Gasteiger partial charge is 0.305 e. The summed E-state index contributed by atoms with van der Waals surface area (Å²) < 4.78 is 0. The first-order valence-corrected chi connectivity index (χ1v) is 7.28. The highest BCUT2D eigenvalue weighted by Gasteiger charge is 2.29. The Balaban J connectivity index is 3.24. The maximum Gasteiger partial charge on any atom is 0.305 e. The van der Waals surface area contributed by atoms with Gasteiger partial charge in [0.05, 0.1) is 17.0 Å². The van der Waals surface area contributed by atoms with Crippen LogP contribution in [0.4, 0.5) is 17.1 Å². The Hall–Kier alpha value is -2.68. The van der Waals surface area contributed by atoms with E-state index in [1.165, 1.54) is 25.2 Å². The van der Waals surface area contributed by atoms with Crippen molar-refractivity contribution in [3.63, 3.8) is 0 Å². The first kappa shape index (κ1) is 19.4. The van der Waals surface area contributed by atoms with Crippen LogP contribution < -0.4 is 15.8 Å². The molecule has 1 rings (SSSR count). The number of hydrogen-bond acceptors (Lipinski definition) is 6. The maximum atomic E-state index is 11.3. The van der Waals surface area contributed by atoms with Crippen LogP contribution in [-0.4, -0.2) is 35.5 Å². The van der Waals surface area contributed by atoms with E-state index in [0.29, 0.717) is 12.1 Å². The number of aliphatic carboxylic acids is 1. The quantitative estimate of drug-likeness (QED) is 0.376. The fraction of sp³-hybridized carbons (Fsp3) is 0.467. The van der Waals surface area contributed by atoms with Crippen LogP contribution in [0.25, 0.3) is 0 Å². The average Bonchev–Trinajstić information content (AvgIpc) is 2.47. The molecule has 0 radical (unpaired) electrons. The minimum absolute atomic E-state index is 0.181. The van der Waals surface area contributed by atoms with Crippen LogP contribution in [0, 0.1) is 15.5 Å². The highest BCUT2D eigenvalue weighted by atomic mass is 16.6. The SMILES string of the molecule is CNN(C=O)c1ccc(N[C@@H](CC(=O)O)C(C)(C)C)c([N+](=O)[O-])c1. The Labute approximate surface area is 139 Å². The first-order chi connectivity index (χ1) is 11.1. The van der Waals surface area contributed by atoms with Gasteiger partial charge in [-0.25, -0.2) is 10.4 Å². The second kappa shape index (κ2) is 7.73. The Morgan fingerprint density at radius 2 is 2.08 bits per heavy atom. The molecule has 0 saturated heterocycles. The summed E-state index contributed by atoms with van der Waals surface area (Å²) in [5.41, 5.74) is 2.42. The van der Waals surface area contributed by atoms with Gasteiger partial charge in [-0.05, 0) is 17.5 Å². The van der Waals surface area contributed by atoms with Gasteiger partial charge in [0.2, 0.25) is 6.41 Å². The molecule has 24 heavy (non-hydrogen) atoms. The topological polar surface area (TPSA) is 125 Å². The number of hydrazine groups is 1. The molecular formula is C15H22N4O5. The maximum absolute atomic E-state index is 11.3. The zero-order valence-electron chi connectivity index (χ0n) is 14.1. The number of hydrogen-bond donors (Lipinski definition) is 3. The Morgan fingerprint density at radius 3 is 2.50 bits per heavy atom. The first-order valence-electron chi connectivity index (χ1n) is 7.28. The summed E-state index contributed by atoms with van der Waals surface area (Å²) in [7, 11) is 1.51. The third kappa shape index (κ3) is 4.92. The molecule has 1 amide bonds.